The highest BCUT2D eigenvalue weighted by Gasteiger charge is 2.32. The Bertz CT molecular complexity index is 1190. The quantitative estimate of drug-likeness (QED) is 0.569. The largest absolute Gasteiger partial charge is 0.486 e. The first-order valence-electron chi connectivity index (χ1n) is 8.58. The molecule has 0 saturated carbocycles. The predicted octanol–water partition coefficient (Wildman–Crippen LogP) is 3.07. The van der Waals surface area contributed by atoms with Gasteiger partial charge >= 0.3 is 0 Å². The van der Waals surface area contributed by atoms with Gasteiger partial charge in [-0.1, -0.05) is 12.1 Å². The van der Waals surface area contributed by atoms with Gasteiger partial charge in [0, 0.05) is 17.5 Å². The van der Waals surface area contributed by atoms with Crippen molar-refractivity contribution in [3.05, 3.63) is 58.1 Å². The maximum atomic E-state index is 13.1. The third kappa shape index (κ3) is 4.19. The van der Waals surface area contributed by atoms with Crippen LogP contribution in [0.3, 0.4) is 0 Å². The number of nitrogens with one attached hydrogen (secondary N) is 1. The number of sulfone groups is 1. The Morgan fingerprint density at radius 3 is 2.34 bits per heavy atom. The van der Waals surface area contributed by atoms with E-state index in [0.717, 1.165) is 11.3 Å². The number of thiophene rings is 2. The summed E-state index contributed by atoms with van der Waals surface area (Å²) in [6, 6.07) is 10.9. The number of fused-ring (bicyclic) bond motifs is 1. The second kappa shape index (κ2) is 8.07. The molecule has 1 N–H and O–H groups in total. The molecule has 0 amide bonds. The topological polar surface area (TPSA) is 98.8 Å². The Morgan fingerprint density at radius 1 is 0.931 bits per heavy atom. The summed E-state index contributed by atoms with van der Waals surface area (Å²) in [6.07, 6.45) is 0. The average molecular weight is 472 g/mol. The lowest BCUT2D eigenvalue weighted by Gasteiger charge is -2.19. The monoisotopic (exact) mass is 471 g/mol. The fraction of sp³-hybridized carbons (Fsp3) is 0.222. The van der Waals surface area contributed by atoms with Crippen LogP contribution < -0.4 is 14.2 Å². The van der Waals surface area contributed by atoms with Crippen LogP contribution in [0.2, 0.25) is 0 Å². The molecule has 3 aromatic rings. The van der Waals surface area contributed by atoms with Crippen molar-refractivity contribution in [1.82, 2.24) is 4.72 Å². The van der Waals surface area contributed by atoms with Crippen LogP contribution in [0.15, 0.2) is 62.3 Å². The molecule has 0 fully saturated rings. The highest BCUT2D eigenvalue weighted by Crippen LogP contribution is 2.35. The van der Waals surface area contributed by atoms with Crippen LogP contribution in [0.5, 0.6) is 11.5 Å². The lowest BCUT2D eigenvalue weighted by atomic mass is 10.3. The van der Waals surface area contributed by atoms with E-state index in [0.29, 0.717) is 29.6 Å². The molecule has 1 aliphatic rings. The molecule has 4 rings (SSSR count). The van der Waals surface area contributed by atoms with Gasteiger partial charge in [0.05, 0.1) is 4.90 Å². The normalized spacial score (nSPS) is 15.2. The van der Waals surface area contributed by atoms with Gasteiger partial charge in [0.1, 0.15) is 22.7 Å². The minimum absolute atomic E-state index is 0.0137. The SMILES string of the molecule is O=S(=O)(NC[C@H](c1cccs1)S(=O)(=O)c1cccs1)c1ccc2c(c1)OCCO2. The molecule has 29 heavy (non-hydrogen) atoms. The van der Waals surface area contributed by atoms with Crippen LogP contribution in [0.25, 0.3) is 0 Å². The van der Waals surface area contributed by atoms with Crippen molar-refractivity contribution in [3.8, 4) is 11.5 Å². The molecule has 0 bridgehead atoms. The Balaban J connectivity index is 1.60. The number of ether oxygens (including phenoxy) is 2. The van der Waals surface area contributed by atoms with Crippen molar-refractivity contribution in [1.29, 1.82) is 0 Å². The van der Waals surface area contributed by atoms with Gasteiger partial charge in [-0.25, -0.2) is 21.6 Å². The molecule has 1 aliphatic heterocycles. The van der Waals surface area contributed by atoms with Gasteiger partial charge in [-0.2, -0.15) is 0 Å². The maximum Gasteiger partial charge on any atom is 0.240 e. The summed E-state index contributed by atoms with van der Waals surface area (Å²) >= 11 is 2.38. The van der Waals surface area contributed by atoms with Gasteiger partial charge in [-0.05, 0) is 35.0 Å². The van der Waals surface area contributed by atoms with E-state index in [1.165, 1.54) is 35.6 Å². The van der Waals surface area contributed by atoms with Crippen molar-refractivity contribution in [2.45, 2.75) is 14.4 Å². The summed E-state index contributed by atoms with van der Waals surface area (Å²) in [5, 5.41) is 2.42. The van der Waals surface area contributed by atoms with E-state index in [-0.39, 0.29) is 15.6 Å². The highest BCUT2D eigenvalue weighted by molar-refractivity contribution is 7.94. The van der Waals surface area contributed by atoms with Crippen molar-refractivity contribution >= 4 is 42.5 Å². The lowest BCUT2D eigenvalue weighted by molar-refractivity contribution is 0.171. The Morgan fingerprint density at radius 2 is 1.66 bits per heavy atom. The number of sulfonamides is 1. The van der Waals surface area contributed by atoms with Gasteiger partial charge in [-0.15, -0.1) is 22.7 Å². The summed E-state index contributed by atoms with van der Waals surface area (Å²) in [6.45, 7) is 0.460. The van der Waals surface area contributed by atoms with Crippen molar-refractivity contribution in [3.63, 3.8) is 0 Å². The van der Waals surface area contributed by atoms with E-state index in [1.54, 1.807) is 29.0 Å². The summed E-state index contributed by atoms with van der Waals surface area (Å²) in [4.78, 5) is 0.559. The first-order chi connectivity index (χ1) is 13.9. The van der Waals surface area contributed by atoms with Crippen LogP contribution in [0.1, 0.15) is 10.1 Å². The molecule has 11 heteroatoms. The zero-order valence-electron chi connectivity index (χ0n) is 15.0. The average Bonchev–Trinajstić information content (AvgIpc) is 3.42. The van der Waals surface area contributed by atoms with E-state index in [4.69, 9.17) is 9.47 Å². The summed E-state index contributed by atoms with van der Waals surface area (Å²) < 4.78 is 65.3. The molecule has 154 valence electrons. The zero-order chi connectivity index (χ0) is 20.5. The van der Waals surface area contributed by atoms with Crippen LogP contribution in [0.4, 0.5) is 0 Å². The molecule has 0 unspecified atom stereocenters. The number of hydrogen-bond acceptors (Lipinski definition) is 8. The second-order valence-corrected chi connectivity index (χ2v) is 12.2. The van der Waals surface area contributed by atoms with Gasteiger partial charge in [-0.3, -0.25) is 0 Å². The Hall–Kier alpha value is -1.92. The van der Waals surface area contributed by atoms with E-state index in [9.17, 15) is 16.8 Å². The van der Waals surface area contributed by atoms with Crippen molar-refractivity contribution < 1.29 is 26.3 Å². The third-order valence-electron chi connectivity index (χ3n) is 4.29. The van der Waals surface area contributed by atoms with E-state index in [1.807, 2.05) is 0 Å². The van der Waals surface area contributed by atoms with Crippen molar-refractivity contribution in [2.75, 3.05) is 19.8 Å². The smallest absolute Gasteiger partial charge is 0.240 e. The van der Waals surface area contributed by atoms with E-state index < -0.39 is 25.1 Å². The van der Waals surface area contributed by atoms with E-state index >= 15 is 0 Å². The lowest BCUT2D eigenvalue weighted by Crippen LogP contribution is -2.31. The van der Waals surface area contributed by atoms with Gasteiger partial charge in [0.15, 0.2) is 21.3 Å². The fourth-order valence-corrected chi connectivity index (χ4v) is 8.02. The molecular formula is C18H17NO6S4. The van der Waals surface area contributed by atoms with Crippen LogP contribution in [-0.2, 0) is 19.9 Å². The third-order valence-corrected chi connectivity index (χ3v) is 10.4. The van der Waals surface area contributed by atoms with Gasteiger partial charge < -0.3 is 9.47 Å². The summed E-state index contributed by atoms with van der Waals surface area (Å²) in [7, 11) is -7.69. The summed E-state index contributed by atoms with van der Waals surface area (Å²) in [5.41, 5.74) is 0. The second-order valence-electron chi connectivity index (χ2n) is 6.14. The van der Waals surface area contributed by atoms with Gasteiger partial charge in [0.25, 0.3) is 0 Å². The number of benzene rings is 1. The number of hydrogen-bond donors (Lipinski definition) is 1. The molecule has 1 aromatic carbocycles. The molecule has 0 spiro atoms. The molecular weight excluding hydrogens is 454 g/mol. The predicted molar refractivity (Wildman–Crippen MR) is 111 cm³/mol. The van der Waals surface area contributed by atoms with E-state index in [2.05, 4.69) is 4.72 Å². The first-order valence-corrected chi connectivity index (χ1v) is 13.4. The minimum atomic E-state index is -3.95. The standard InChI is InChI=1S/C18H17NO6S4/c20-28(21,18-4-2-10-27-18)17(16-3-1-9-26-16)12-19-29(22,23)13-5-6-14-15(11-13)25-8-7-24-14/h1-6,9-11,17,19H,7-8,12H2/t17-/m1/s1. The maximum absolute atomic E-state index is 13.1. The van der Waals surface area contributed by atoms with Crippen LogP contribution in [-0.4, -0.2) is 36.6 Å². The van der Waals surface area contributed by atoms with Gasteiger partial charge in [0.2, 0.25) is 10.0 Å². The molecule has 0 radical (unpaired) electrons. The first kappa shape index (κ1) is 20.4. The molecule has 0 aliphatic carbocycles. The Kier molecular flexibility index (Phi) is 5.67. The molecule has 1 atom stereocenters. The van der Waals surface area contributed by atoms with Crippen molar-refractivity contribution in [2.24, 2.45) is 0 Å². The van der Waals surface area contributed by atoms with Crippen LogP contribution in [0, 0.1) is 0 Å². The fourth-order valence-electron chi connectivity index (χ4n) is 2.86. The van der Waals surface area contributed by atoms with Crippen LogP contribution >= 0.6 is 22.7 Å². The Labute approximate surface area is 176 Å². The highest BCUT2D eigenvalue weighted by atomic mass is 32.2. The molecule has 3 heterocycles. The zero-order valence-corrected chi connectivity index (χ0v) is 18.2. The minimum Gasteiger partial charge on any atom is -0.486 e. The number of rotatable bonds is 7. The molecule has 2 aromatic heterocycles. The molecule has 7 nitrogen and oxygen atoms in total. The molecule has 0 saturated heterocycles. The summed E-state index contributed by atoms with van der Waals surface area (Å²) in [5.74, 6) is 0.826.